The number of hydrogen-bond acceptors (Lipinski definition) is 4. The Morgan fingerprint density at radius 2 is 2.04 bits per heavy atom. The van der Waals surface area contributed by atoms with Crippen molar-refractivity contribution in [3.8, 4) is 11.8 Å². The van der Waals surface area contributed by atoms with Crippen molar-refractivity contribution in [2.45, 2.75) is 25.2 Å². The molecule has 7 heteroatoms. The number of carboxylic acid groups (broad SMARTS) is 2. The minimum absolute atomic E-state index is 0.612. The lowest BCUT2D eigenvalue weighted by atomic mass is 10.1. The molecule has 2 aromatic rings. The molecule has 1 aliphatic carbocycles. The number of benzene rings is 1. The smallest absolute Gasteiger partial charge is 0.450 e. The molecule has 0 radical (unpaired) electrons. The van der Waals surface area contributed by atoms with Crippen LogP contribution >= 0.6 is 0 Å². The molecule has 3 rings (SSSR count). The first kappa shape index (κ1) is 17.5. The van der Waals surface area contributed by atoms with Gasteiger partial charge in [0.1, 0.15) is 0 Å². The molecule has 1 aromatic carbocycles. The second-order valence-electron chi connectivity index (χ2n) is 5.68. The maximum absolute atomic E-state index is 8.81. The quantitative estimate of drug-likeness (QED) is 0.775. The van der Waals surface area contributed by atoms with Crippen molar-refractivity contribution in [2.75, 3.05) is 6.54 Å². The van der Waals surface area contributed by atoms with Crippen LogP contribution in [0, 0.1) is 17.2 Å². The zero-order valence-corrected chi connectivity index (χ0v) is 13.2. The van der Waals surface area contributed by atoms with Gasteiger partial charge in [0.15, 0.2) is 0 Å². The summed E-state index contributed by atoms with van der Waals surface area (Å²) in [5, 5.41) is 22.8. The van der Waals surface area contributed by atoms with Gasteiger partial charge in [-0.1, -0.05) is 0 Å². The number of imidazole rings is 1. The van der Waals surface area contributed by atoms with E-state index in [0.29, 0.717) is 11.5 Å². The summed E-state index contributed by atoms with van der Waals surface area (Å²) in [5.41, 5.74) is 8.45. The number of nitriles is 1. The van der Waals surface area contributed by atoms with Gasteiger partial charge in [-0.2, -0.15) is 5.26 Å². The van der Waals surface area contributed by atoms with Gasteiger partial charge in [-0.15, -0.1) is 0 Å². The second-order valence-corrected chi connectivity index (χ2v) is 5.68. The van der Waals surface area contributed by atoms with E-state index in [2.05, 4.69) is 17.3 Å². The second kappa shape index (κ2) is 8.13. The molecule has 7 nitrogen and oxygen atoms in total. The number of aromatic nitrogens is 2. The Balaban J connectivity index is 0.000000471. The highest BCUT2D eigenvalue weighted by molar-refractivity contribution is 5.53. The first-order valence-corrected chi connectivity index (χ1v) is 7.71. The van der Waals surface area contributed by atoms with Crippen molar-refractivity contribution in [1.82, 2.24) is 9.55 Å². The van der Waals surface area contributed by atoms with Crippen LogP contribution in [-0.2, 0) is 0 Å². The first-order chi connectivity index (χ1) is 11.5. The van der Waals surface area contributed by atoms with E-state index in [4.69, 9.17) is 26.0 Å². The largest absolute Gasteiger partial charge is 0.503 e. The van der Waals surface area contributed by atoms with E-state index in [0.717, 1.165) is 24.6 Å². The van der Waals surface area contributed by atoms with Gasteiger partial charge in [0.25, 0.3) is 0 Å². The molecular weight excluding hydrogens is 308 g/mol. The van der Waals surface area contributed by atoms with Crippen molar-refractivity contribution < 1.29 is 15.0 Å². The lowest BCUT2D eigenvalue weighted by Crippen LogP contribution is -1.98. The summed E-state index contributed by atoms with van der Waals surface area (Å²) in [4.78, 5) is 13.1. The molecule has 0 spiro atoms. The van der Waals surface area contributed by atoms with Crippen molar-refractivity contribution in [3.05, 3.63) is 48.0 Å². The Kier molecular flexibility index (Phi) is 5.93. The molecule has 24 heavy (non-hydrogen) atoms. The average Bonchev–Trinajstić information content (AvgIpc) is 3.17. The normalized spacial score (nSPS) is 18.2. The van der Waals surface area contributed by atoms with Crippen LogP contribution in [0.4, 0.5) is 4.79 Å². The first-order valence-electron chi connectivity index (χ1n) is 7.71. The summed E-state index contributed by atoms with van der Waals surface area (Å²) in [6.45, 7) is 0.781. The molecule has 1 aromatic heterocycles. The van der Waals surface area contributed by atoms with Gasteiger partial charge in [-0.3, -0.25) is 0 Å². The van der Waals surface area contributed by atoms with Gasteiger partial charge in [0, 0.05) is 17.8 Å². The van der Waals surface area contributed by atoms with E-state index < -0.39 is 6.16 Å². The summed E-state index contributed by atoms with van der Waals surface area (Å²) in [5.74, 6) is 1.38. The van der Waals surface area contributed by atoms with Crippen LogP contribution in [0.3, 0.4) is 0 Å². The Labute approximate surface area is 140 Å². The lowest BCUT2D eigenvalue weighted by molar-refractivity contribution is 0.137. The molecule has 4 N–H and O–H groups in total. The molecule has 0 bridgehead atoms. The predicted octanol–water partition coefficient (Wildman–Crippen LogP) is 2.81. The Morgan fingerprint density at radius 3 is 2.62 bits per heavy atom. The molecule has 1 fully saturated rings. The topological polar surface area (TPSA) is 125 Å². The zero-order valence-electron chi connectivity index (χ0n) is 13.2. The minimum Gasteiger partial charge on any atom is -0.450 e. The van der Waals surface area contributed by atoms with Gasteiger partial charge in [-0.05, 0) is 56.0 Å². The minimum atomic E-state index is -1.83. The third kappa shape index (κ3) is 4.83. The van der Waals surface area contributed by atoms with Gasteiger partial charge < -0.3 is 20.5 Å². The van der Waals surface area contributed by atoms with Crippen molar-refractivity contribution in [3.63, 3.8) is 0 Å². The highest BCUT2D eigenvalue weighted by Crippen LogP contribution is 2.49. The SMILES string of the molecule is N#Cc1ccc(-n2cnc(C3CC3CCCN)c2)cc1.O=C(O)O. The number of rotatable bonds is 5. The molecule has 0 saturated heterocycles. The van der Waals surface area contributed by atoms with Crippen LogP contribution < -0.4 is 5.73 Å². The summed E-state index contributed by atoms with van der Waals surface area (Å²) in [6.07, 6.45) is 5.69. The highest BCUT2D eigenvalue weighted by atomic mass is 16.6. The molecule has 2 unspecified atom stereocenters. The molecule has 2 atom stereocenters. The van der Waals surface area contributed by atoms with Gasteiger partial charge in [-0.25, -0.2) is 9.78 Å². The van der Waals surface area contributed by atoms with Crippen LogP contribution in [0.5, 0.6) is 0 Å². The predicted molar refractivity (Wildman–Crippen MR) is 88.1 cm³/mol. The van der Waals surface area contributed by atoms with E-state index in [1.54, 1.807) is 0 Å². The van der Waals surface area contributed by atoms with E-state index in [9.17, 15) is 0 Å². The molecule has 0 amide bonds. The van der Waals surface area contributed by atoms with Crippen LogP contribution in [-0.4, -0.2) is 32.5 Å². The van der Waals surface area contributed by atoms with Gasteiger partial charge in [0.05, 0.1) is 23.7 Å². The van der Waals surface area contributed by atoms with Gasteiger partial charge in [0.2, 0.25) is 0 Å². The van der Waals surface area contributed by atoms with E-state index in [1.807, 2.05) is 35.2 Å². The summed E-state index contributed by atoms with van der Waals surface area (Å²) in [6, 6.07) is 9.68. The molecule has 1 heterocycles. The van der Waals surface area contributed by atoms with Crippen LogP contribution in [0.1, 0.15) is 36.4 Å². The fraction of sp³-hybridized carbons (Fsp3) is 0.353. The van der Waals surface area contributed by atoms with Crippen molar-refractivity contribution >= 4 is 6.16 Å². The van der Waals surface area contributed by atoms with Crippen LogP contribution in [0.15, 0.2) is 36.8 Å². The lowest BCUT2D eigenvalue weighted by Gasteiger charge is -2.01. The van der Waals surface area contributed by atoms with Crippen molar-refractivity contribution in [1.29, 1.82) is 5.26 Å². The maximum Gasteiger partial charge on any atom is 0.503 e. The fourth-order valence-electron chi connectivity index (χ4n) is 2.69. The Bertz CT molecular complexity index is 714. The molecule has 1 aliphatic rings. The number of nitrogens with two attached hydrogens (primary N) is 1. The standard InChI is InChI=1S/C16H18N4.CH2O3/c17-7-1-2-13-8-15(13)16-10-20(11-19-16)14-5-3-12(9-18)4-6-14;2-1(3)4/h3-6,10-11,13,15H,1-2,7-8,17H2;(H2,2,3,4). The highest BCUT2D eigenvalue weighted by Gasteiger charge is 2.38. The number of hydrogen-bond donors (Lipinski definition) is 3. The third-order valence-corrected chi connectivity index (χ3v) is 3.98. The molecule has 1 saturated carbocycles. The molecule has 0 aliphatic heterocycles. The zero-order chi connectivity index (χ0) is 17.5. The van der Waals surface area contributed by atoms with E-state index >= 15 is 0 Å². The van der Waals surface area contributed by atoms with Crippen molar-refractivity contribution in [2.24, 2.45) is 11.7 Å². The fourth-order valence-corrected chi connectivity index (χ4v) is 2.69. The summed E-state index contributed by atoms with van der Waals surface area (Å²) in [7, 11) is 0. The Hall–Kier alpha value is -2.85. The van der Waals surface area contributed by atoms with Crippen LogP contribution in [0.2, 0.25) is 0 Å². The van der Waals surface area contributed by atoms with Gasteiger partial charge >= 0.3 is 6.16 Å². The number of carbonyl (C=O) groups is 1. The summed E-state index contributed by atoms with van der Waals surface area (Å²) >= 11 is 0. The summed E-state index contributed by atoms with van der Waals surface area (Å²) < 4.78 is 2.02. The van der Waals surface area contributed by atoms with E-state index in [1.165, 1.54) is 18.5 Å². The molecular formula is C17H20N4O3. The van der Waals surface area contributed by atoms with E-state index in [-0.39, 0.29) is 0 Å². The molecule has 126 valence electrons. The average molecular weight is 328 g/mol. The Morgan fingerprint density at radius 1 is 1.38 bits per heavy atom. The third-order valence-electron chi connectivity index (χ3n) is 3.98. The monoisotopic (exact) mass is 328 g/mol. The maximum atomic E-state index is 8.81. The van der Waals surface area contributed by atoms with Crippen LogP contribution in [0.25, 0.3) is 5.69 Å². The number of nitrogens with zero attached hydrogens (tertiary/aromatic N) is 3.